The second-order valence-electron chi connectivity index (χ2n) is 4.96. The standard InChI is InChI=1S/C12H17NO5S/c1-8-7-10(14)13(9-5-3-2-4-6-9)12(15)11(8)19(16,17)18/h7,9,14H,2-6H2,1H3,(H,16,17,18). The normalized spacial score (nSPS) is 17.6. The zero-order valence-corrected chi connectivity index (χ0v) is 11.5. The van der Waals surface area contributed by atoms with Gasteiger partial charge in [0.25, 0.3) is 15.7 Å². The van der Waals surface area contributed by atoms with E-state index in [2.05, 4.69) is 0 Å². The molecule has 0 spiro atoms. The molecule has 0 aliphatic heterocycles. The molecule has 0 bridgehead atoms. The van der Waals surface area contributed by atoms with Gasteiger partial charge in [-0.3, -0.25) is 13.9 Å². The van der Waals surface area contributed by atoms with Crippen LogP contribution in [0.4, 0.5) is 0 Å². The Morgan fingerprint density at radius 3 is 2.37 bits per heavy atom. The molecule has 1 aliphatic carbocycles. The third-order valence-electron chi connectivity index (χ3n) is 3.56. The number of hydrogen-bond acceptors (Lipinski definition) is 4. The minimum Gasteiger partial charge on any atom is -0.494 e. The van der Waals surface area contributed by atoms with Gasteiger partial charge in [0.15, 0.2) is 10.8 Å². The summed E-state index contributed by atoms with van der Waals surface area (Å²) in [6.45, 7) is 1.37. The number of aryl methyl sites for hydroxylation is 1. The molecule has 1 aromatic rings. The van der Waals surface area contributed by atoms with Gasteiger partial charge < -0.3 is 5.11 Å². The maximum absolute atomic E-state index is 12.2. The van der Waals surface area contributed by atoms with Crippen LogP contribution >= 0.6 is 0 Å². The van der Waals surface area contributed by atoms with Gasteiger partial charge in [-0.25, -0.2) is 0 Å². The van der Waals surface area contributed by atoms with E-state index in [0.717, 1.165) is 36.7 Å². The summed E-state index contributed by atoms with van der Waals surface area (Å²) in [4.78, 5) is 11.6. The van der Waals surface area contributed by atoms with E-state index < -0.39 is 20.6 Å². The second kappa shape index (κ2) is 4.97. The minimum absolute atomic E-state index is 0.0528. The first-order chi connectivity index (χ1) is 8.82. The van der Waals surface area contributed by atoms with Crippen molar-refractivity contribution in [2.45, 2.75) is 50.0 Å². The molecule has 106 valence electrons. The van der Waals surface area contributed by atoms with Crippen molar-refractivity contribution in [3.05, 3.63) is 22.0 Å². The van der Waals surface area contributed by atoms with E-state index in [1.54, 1.807) is 0 Å². The summed E-state index contributed by atoms with van der Waals surface area (Å²) < 4.78 is 32.8. The van der Waals surface area contributed by atoms with Crippen molar-refractivity contribution in [2.75, 3.05) is 0 Å². The molecular formula is C12H17NO5S. The van der Waals surface area contributed by atoms with Crippen LogP contribution in [0, 0.1) is 6.92 Å². The summed E-state index contributed by atoms with van der Waals surface area (Å²) in [7, 11) is -4.59. The fourth-order valence-corrected chi connectivity index (χ4v) is 3.50. The molecule has 7 heteroatoms. The van der Waals surface area contributed by atoms with Crippen LogP contribution in [0.2, 0.25) is 0 Å². The van der Waals surface area contributed by atoms with Gasteiger partial charge in [0, 0.05) is 12.1 Å². The number of pyridine rings is 1. The van der Waals surface area contributed by atoms with Crippen LogP contribution in [0.3, 0.4) is 0 Å². The first-order valence-corrected chi connectivity index (χ1v) is 7.69. The number of aromatic hydroxyl groups is 1. The van der Waals surface area contributed by atoms with E-state index in [0.29, 0.717) is 0 Å². The maximum Gasteiger partial charge on any atom is 0.300 e. The summed E-state index contributed by atoms with van der Waals surface area (Å²) in [5.74, 6) is -0.248. The Bertz CT molecular complexity index is 641. The summed E-state index contributed by atoms with van der Waals surface area (Å²) >= 11 is 0. The number of aromatic nitrogens is 1. The van der Waals surface area contributed by atoms with Gasteiger partial charge in [-0.1, -0.05) is 19.3 Å². The van der Waals surface area contributed by atoms with E-state index in [9.17, 15) is 18.3 Å². The molecule has 1 aromatic heterocycles. The second-order valence-corrected chi connectivity index (χ2v) is 6.32. The quantitative estimate of drug-likeness (QED) is 0.806. The summed E-state index contributed by atoms with van der Waals surface area (Å²) in [6.07, 6.45) is 4.39. The highest BCUT2D eigenvalue weighted by molar-refractivity contribution is 7.85. The largest absolute Gasteiger partial charge is 0.494 e. The maximum atomic E-state index is 12.2. The Kier molecular flexibility index (Phi) is 3.69. The minimum atomic E-state index is -4.59. The van der Waals surface area contributed by atoms with E-state index >= 15 is 0 Å². The Morgan fingerprint density at radius 2 is 1.84 bits per heavy atom. The summed E-state index contributed by atoms with van der Waals surface area (Å²) in [6, 6.07) is 1.00. The lowest BCUT2D eigenvalue weighted by atomic mass is 9.95. The van der Waals surface area contributed by atoms with Gasteiger partial charge in [-0.2, -0.15) is 8.42 Å². The Labute approximate surface area is 111 Å². The van der Waals surface area contributed by atoms with Crippen molar-refractivity contribution in [1.82, 2.24) is 4.57 Å². The molecule has 0 saturated heterocycles. The van der Waals surface area contributed by atoms with Gasteiger partial charge in [-0.05, 0) is 25.3 Å². The predicted molar refractivity (Wildman–Crippen MR) is 69.0 cm³/mol. The van der Waals surface area contributed by atoms with Crippen LogP contribution in [-0.2, 0) is 10.1 Å². The fourth-order valence-electron chi connectivity index (χ4n) is 2.72. The van der Waals surface area contributed by atoms with E-state index in [1.807, 2.05) is 0 Å². The highest BCUT2D eigenvalue weighted by Crippen LogP contribution is 2.30. The fraction of sp³-hybridized carbons (Fsp3) is 0.583. The van der Waals surface area contributed by atoms with Gasteiger partial charge >= 0.3 is 0 Å². The molecule has 1 aliphatic rings. The SMILES string of the molecule is Cc1cc(O)n(C2CCCCC2)c(=O)c1S(=O)(=O)O. The van der Waals surface area contributed by atoms with Crippen LogP contribution in [-0.4, -0.2) is 22.6 Å². The predicted octanol–water partition coefficient (Wildman–Crippen LogP) is 1.61. The Hall–Kier alpha value is -1.34. The average molecular weight is 287 g/mol. The molecule has 0 unspecified atom stereocenters. The molecule has 1 heterocycles. The van der Waals surface area contributed by atoms with Crippen LogP contribution < -0.4 is 5.56 Å². The lowest BCUT2D eigenvalue weighted by molar-refractivity contribution is 0.300. The Balaban J connectivity index is 2.65. The average Bonchev–Trinajstić information content (AvgIpc) is 2.27. The van der Waals surface area contributed by atoms with Gasteiger partial charge in [0.1, 0.15) is 0 Å². The van der Waals surface area contributed by atoms with Crippen molar-refractivity contribution < 1.29 is 18.1 Å². The lowest BCUT2D eigenvalue weighted by Crippen LogP contribution is -2.31. The highest BCUT2D eigenvalue weighted by atomic mass is 32.2. The molecule has 2 N–H and O–H groups in total. The first-order valence-electron chi connectivity index (χ1n) is 6.25. The molecule has 1 saturated carbocycles. The van der Waals surface area contributed by atoms with Crippen molar-refractivity contribution in [3.8, 4) is 5.88 Å². The number of rotatable bonds is 2. The van der Waals surface area contributed by atoms with Crippen LogP contribution in [0.15, 0.2) is 15.8 Å². The molecule has 0 radical (unpaired) electrons. The third-order valence-corrected chi connectivity index (χ3v) is 4.57. The first kappa shape index (κ1) is 14.1. The third kappa shape index (κ3) is 2.66. The van der Waals surface area contributed by atoms with Gasteiger partial charge in [0.2, 0.25) is 0 Å². The zero-order valence-electron chi connectivity index (χ0n) is 10.7. The van der Waals surface area contributed by atoms with Gasteiger partial charge in [0.05, 0.1) is 0 Å². The molecule has 19 heavy (non-hydrogen) atoms. The smallest absolute Gasteiger partial charge is 0.300 e. The van der Waals surface area contributed by atoms with E-state index in [-0.39, 0.29) is 17.5 Å². The van der Waals surface area contributed by atoms with Crippen LogP contribution in [0.25, 0.3) is 0 Å². The topological polar surface area (TPSA) is 96.6 Å². The van der Waals surface area contributed by atoms with Crippen LogP contribution in [0.5, 0.6) is 5.88 Å². The monoisotopic (exact) mass is 287 g/mol. The van der Waals surface area contributed by atoms with E-state index in [1.165, 1.54) is 13.0 Å². The molecule has 0 aromatic carbocycles. The molecule has 1 fully saturated rings. The Morgan fingerprint density at radius 1 is 1.26 bits per heavy atom. The number of hydrogen-bond donors (Lipinski definition) is 2. The zero-order chi connectivity index (χ0) is 14.2. The number of nitrogens with zero attached hydrogens (tertiary/aromatic N) is 1. The molecule has 0 amide bonds. The van der Waals surface area contributed by atoms with Crippen molar-refractivity contribution in [1.29, 1.82) is 0 Å². The lowest BCUT2D eigenvalue weighted by Gasteiger charge is -2.25. The molecule has 0 atom stereocenters. The van der Waals surface area contributed by atoms with Crippen molar-refractivity contribution in [3.63, 3.8) is 0 Å². The molecule has 6 nitrogen and oxygen atoms in total. The van der Waals surface area contributed by atoms with Crippen LogP contribution in [0.1, 0.15) is 43.7 Å². The molecule has 2 rings (SSSR count). The molecular weight excluding hydrogens is 270 g/mol. The van der Waals surface area contributed by atoms with Crippen molar-refractivity contribution in [2.24, 2.45) is 0 Å². The van der Waals surface area contributed by atoms with Gasteiger partial charge in [-0.15, -0.1) is 0 Å². The summed E-state index contributed by atoms with van der Waals surface area (Å²) in [5.41, 5.74) is -0.788. The van der Waals surface area contributed by atoms with Crippen molar-refractivity contribution >= 4 is 10.1 Å². The summed E-state index contributed by atoms with van der Waals surface area (Å²) in [5, 5.41) is 9.90. The highest BCUT2D eigenvalue weighted by Gasteiger charge is 2.26. The van der Waals surface area contributed by atoms with E-state index in [4.69, 9.17) is 4.55 Å².